The number of piperidine rings is 3. The fourth-order valence-electron chi connectivity index (χ4n) is 4.78. The molecule has 3 aliphatic rings. The van der Waals surface area contributed by atoms with Gasteiger partial charge in [-0.25, -0.2) is 15.0 Å². The molecule has 0 spiro atoms. The SMILES string of the molecule is Brc1cnc(OC2CCNCC2)nc1.Cl.Cl.Cl.N#Cc1ccc(OC2CCNCC2)nc1.O=[N+]([O-])c1ccc(OC2CCNCC2)cc1. The normalized spacial score (nSPS) is 16.2. The van der Waals surface area contributed by atoms with Crippen LogP contribution in [0.3, 0.4) is 0 Å². The van der Waals surface area contributed by atoms with E-state index in [4.69, 9.17) is 19.5 Å². The Morgan fingerprint density at radius 3 is 1.62 bits per heavy atom. The number of hydrogen-bond donors (Lipinski definition) is 3. The van der Waals surface area contributed by atoms with E-state index in [-0.39, 0.29) is 61.2 Å². The molecule has 3 saturated heterocycles. The van der Waals surface area contributed by atoms with E-state index in [1.165, 1.54) is 18.3 Å². The number of ether oxygens (including phenoxy) is 3. The van der Waals surface area contributed by atoms with Crippen molar-refractivity contribution in [3.8, 4) is 23.7 Å². The zero-order chi connectivity index (χ0) is 31.7. The number of nitriles is 1. The van der Waals surface area contributed by atoms with Crippen LogP contribution in [0.1, 0.15) is 44.1 Å². The topological polar surface area (TPSA) is 169 Å². The van der Waals surface area contributed by atoms with E-state index in [9.17, 15) is 10.1 Å². The molecule has 3 fully saturated rings. The van der Waals surface area contributed by atoms with Crippen molar-refractivity contribution in [2.24, 2.45) is 0 Å². The zero-order valence-corrected chi connectivity index (χ0v) is 30.3. The number of hydrogen-bond acceptors (Lipinski definition) is 12. The van der Waals surface area contributed by atoms with Gasteiger partial charge in [-0.15, -0.1) is 37.2 Å². The molecule has 0 atom stereocenters. The van der Waals surface area contributed by atoms with Gasteiger partial charge in [0.2, 0.25) is 5.88 Å². The van der Waals surface area contributed by atoms with Crippen LogP contribution in [-0.4, -0.2) is 77.5 Å². The first-order chi connectivity index (χ1) is 22.0. The quantitative estimate of drug-likeness (QED) is 0.205. The van der Waals surface area contributed by atoms with E-state index in [2.05, 4.69) is 46.8 Å². The first-order valence-electron chi connectivity index (χ1n) is 15.2. The average molecular weight is 793 g/mol. The van der Waals surface area contributed by atoms with Crippen LogP contribution >= 0.6 is 53.2 Å². The minimum Gasteiger partial charge on any atom is -0.490 e. The summed E-state index contributed by atoms with van der Waals surface area (Å²) < 4.78 is 17.9. The summed E-state index contributed by atoms with van der Waals surface area (Å²) in [4.78, 5) is 22.3. The predicted octanol–water partition coefficient (Wildman–Crippen LogP) is 5.44. The van der Waals surface area contributed by atoms with Crippen molar-refractivity contribution in [3.05, 3.63) is 75.1 Å². The molecule has 48 heavy (non-hydrogen) atoms. The van der Waals surface area contributed by atoms with Gasteiger partial charge in [-0.3, -0.25) is 10.1 Å². The number of nitrogens with one attached hydrogen (secondary N) is 3. The monoisotopic (exact) mass is 790 g/mol. The second-order valence-corrected chi connectivity index (χ2v) is 11.5. The van der Waals surface area contributed by atoms with Gasteiger partial charge in [0.25, 0.3) is 5.69 Å². The Hall–Kier alpha value is -3.03. The second-order valence-electron chi connectivity index (χ2n) is 10.6. The van der Waals surface area contributed by atoms with E-state index in [0.29, 0.717) is 23.2 Å². The van der Waals surface area contributed by atoms with Crippen LogP contribution in [0.5, 0.6) is 17.6 Å². The maximum Gasteiger partial charge on any atom is 0.316 e. The van der Waals surface area contributed by atoms with Gasteiger partial charge < -0.3 is 30.2 Å². The maximum absolute atomic E-state index is 10.5. The maximum atomic E-state index is 10.5. The van der Waals surface area contributed by atoms with E-state index in [1.807, 2.05) is 6.07 Å². The number of nitrogens with zero attached hydrogens (tertiary/aromatic N) is 5. The largest absolute Gasteiger partial charge is 0.490 e. The first kappa shape index (κ1) is 43.0. The molecule has 0 bridgehead atoms. The van der Waals surface area contributed by atoms with Crippen molar-refractivity contribution in [1.82, 2.24) is 30.9 Å². The Labute approximate surface area is 307 Å². The summed E-state index contributed by atoms with van der Waals surface area (Å²) in [5, 5.41) is 28.9. The Morgan fingerprint density at radius 2 is 1.19 bits per heavy atom. The summed E-state index contributed by atoms with van der Waals surface area (Å²) in [5.41, 5.74) is 0.658. The minimum atomic E-state index is -0.408. The summed E-state index contributed by atoms with van der Waals surface area (Å²) in [5.74, 6) is 1.32. The van der Waals surface area contributed by atoms with Crippen molar-refractivity contribution in [1.29, 1.82) is 5.26 Å². The first-order valence-corrected chi connectivity index (χ1v) is 16.0. The summed E-state index contributed by atoms with van der Waals surface area (Å²) in [6.45, 7) is 5.97. The molecule has 264 valence electrons. The van der Waals surface area contributed by atoms with Crippen LogP contribution in [0.4, 0.5) is 5.69 Å². The van der Waals surface area contributed by atoms with Crippen LogP contribution in [0, 0.1) is 21.4 Å². The number of halogens is 4. The Kier molecular flexibility index (Phi) is 21.6. The molecule has 0 amide bonds. The highest BCUT2D eigenvalue weighted by Gasteiger charge is 2.17. The molecule has 3 aromatic rings. The fraction of sp³-hybridized carbons (Fsp3) is 0.484. The smallest absolute Gasteiger partial charge is 0.316 e. The molecule has 0 saturated carbocycles. The van der Waals surface area contributed by atoms with E-state index in [1.54, 1.807) is 36.7 Å². The third-order valence-electron chi connectivity index (χ3n) is 7.23. The van der Waals surface area contributed by atoms with Gasteiger partial charge in [-0.2, -0.15) is 5.26 Å². The van der Waals surface area contributed by atoms with Crippen LogP contribution in [0.15, 0.2) is 59.5 Å². The molecule has 5 heterocycles. The van der Waals surface area contributed by atoms with Gasteiger partial charge in [0.05, 0.1) is 15.0 Å². The predicted molar refractivity (Wildman–Crippen MR) is 193 cm³/mol. The number of benzene rings is 1. The lowest BCUT2D eigenvalue weighted by Gasteiger charge is -2.23. The van der Waals surface area contributed by atoms with Crippen molar-refractivity contribution < 1.29 is 19.1 Å². The van der Waals surface area contributed by atoms with Crippen LogP contribution < -0.4 is 30.2 Å². The van der Waals surface area contributed by atoms with Gasteiger partial charge in [0.15, 0.2) is 0 Å². The average Bonchev–Trinajstić information content (AvgIpc) is 3.08. The molecule has 0 unspecified atom stereocenters. The Balaban J connectivity index is 0.000000350. The molecular weight excluding hydrogens is 751 g/mol. The lowest BCUT2D eigenvalue weighted by atomic mass is 10.1. The van der Waals surface area contributed by atoms with E-state index < -0.39 is 4.92 Å². The lowest BCUT2D eigenvalue weighted by molar-refractivity contribution is -0.384. The van der Waals surface area contributed by atoms with E-state index >= 15 is 0 Å². The van der Waals surface area contributed by atoms with Crippen LogP contribution in [0.2, 0.25) is 0 Å². The molecule has 0 aliphatic carbocycles. The van der Waals surface area contributed by atoms with Gasteiger partial charge in [-0.05, 0) is 112 Å². The third-order valence-corrected chi connectivity index (χ3v) is 7.64. The molecule has 2 aromatic heterocycles. The van der Waals surface area contributed by atoms with Gasteiger partial charge in [-0.1, -0.05) is 0 Å². The van der Waals surface area contributed by atoms with Gasteiger partial charge in [0, 0.05) is 36.8 Å². The van der Waals surface area contributed by atoms with Crippen LogP contribution in [0.25, 0.3) is 0 Å². The molecule has 0 radical (unpaired) electrons. The molecule has 1 aromatic carbocycles. The molecular formula is C31H42BrCl3N8O5. The Morgan fingerprint density at radius 1 is 0.708 bits per heavy atom. The number of nitro benzene ring substituents is 1. The number of rotatable bonds is 7. The highest BCUT2D eigenvalue weighted by molar-refractivity contribution is 9.10. The van der Waals surface area contributed by atoms with Gasteiger partial charge in [0.1, 0.15) is 30.1 Å². The van der Waals surface area contributed by atoms with Crippen molar-refractivity contribution in [2.75, 3.05) is 39.3 Å². The van der Waals surface area contributed by atoms with Gasteiger partial charge >= 0.3 is 6.01 Å². The number of pyridine rings is 1. The number of aromatic nitrogens is 3. The fourth-order valence-corrected chi connectivity index (χ4v) is 4.98. The molecule has 3 aliphatic heterocycles. The van der Waals surface area contributed by atoms with E-state index in [0.717, 1.165) is 82.3 Å². The van der Waals surface area contributed by atoms with Crippen molar-refractivity contribution in [3.63, 3.8) is 0 Å². The molecule has 17 heteroatoms. The van der Waals surface area contributed by atoms with Crippen molar-refractivity contribution in [2.45, 2.75) is 56.8 Å². The Bertz CT molecular complexity index is 1340. The zero-order valence-electron chi connectivity index (χ0n) is 26.3. The number of nitro groups is 1. The number of non-ortho nitro benzene ring substituents is 1. The summed E-state index contributed by atoms with van der Waals surface area (Å²) in [7, 11) is 0. The summed E-state index contributed by atoms with van der Waals surface area (Å²) >= 11 is 3.28. The highest BCUT2D eigenvalue weighted by atomic mass is 79.9. The highest BCUT2D eigenvalue weighted by Crippen LogP contribution is 2.20. The minimum absolute atomic E-state index is 0. The summed E-state index contributed by atoms with van der Waals surface area (Å²) in [6, 6.07) is 12.2. The van der Waals surface area contributed by atoms with Crippen molar-refractivity contribution >= 4 is 58.8 Å². The molecule has 3 N–H and O–H groups in total. The third kappa shape index (κ3) is 15.9. The molecule has 6 rings (SSSR count). The van der Waals surface area contributed by atoms with Crippen LogP contribution in [-0.2, 0) is 0 Å². The second kappa shape index (κ2) is 24.2. The lowest BCUT2D eigenvalue weighted by Crippen LogP contribution is -2.34. The molecule has 13 nitrogen and oxygen atoms in total. The standard InChI is InChI=1S/C11H13N3O.C11H14N2O3.C9H12BrN3O.3ClH/c12-7-9-1-2-11(14-8-9)15-10-3-5-13-6-4-10;14-13(15)9-1-3-10(4-2-9)16-11-5-7-12-8-6-11;10-7-5-12-9(13-6-7)14-8-1-3-11-4-2-8;;;/h1-2,8,10,13H,3-6H2;1-4,11-12H,5-8H2;5-6,8,11H,1-4H2;3*1H. The summed E-state index contributed by atoms with van der Waals surface area (Å²) in [6.07, 6.45) is 11.7.